The van der Waals surface area contributed by atoms with Crippen molar-refractivity contribution in [3.63, 3.8) is 0 Å². The molecule has 1 fully saturated rings. The van der Waals surface area contributed by atoms with E-state index in [1.54, 1.807) is 29.2 Å². The van der Waals surface area contributed by atoms with E-state index in [1.165, 1.54) is 0 Å². The highest BCUT2D eigenvalue weighted by Gasteiger charge is 2.24. The van der Waals surface area contributed by atoms with Crippen LogP contribution in [0, 0.1) is 5.92 Å². The quantitative estimate of drug-likeness (QED) is 0.910. The highest BCUT2D eigenvalue weighted by molar-refractivity contribution is 6.07. The van der Waals surface area contributed by atoms with E-state index in [0.717, 1.165) is 12.1 Å². The van der Waals surface area contributed by atoms with Crippen molar-refractivity contribution in [2.24, 2.45) is 5.92 Å². The van der Waals surface area contributed by atoms with E-state index in [0.29, 0.717) is 31.0 Å². The first-order chi connectivity index (χ1) is 12.2. The summed E-state index contributed by atoms with van der Waals surface area (Å²) in [5.74, 6) is -0.262. The molecule has 0 saturated carbocycles. The summed E-state index contributed by atoms with van der Waals surface area (Å²) in [6, 6.07) is 16.6. The Morgan fingerprint density at radius 2 is 1.96 bits per heavy atom. The van der Waals surface area contributed by atoms with E-state index in [1.807, 2.05) is 37.3 Å². The molecule has 1 atom stereocenters. The summed E-state index contributed by atoms with van der Waals surface area (Å²) in [5.41, 5.74) is 2.03. The van der Waals surface area contributed by atoms with Crippen LogP contribution in [0.4, 0.5) is 11.4 Å². The van der Waals surface area contributed by atoms with Crippen molar-refractivity contribution in [2.45, 2.75) is 13.3 Å². The van der Waals surface area contributed by atoms with Crippen molar-refractivity contribution in [3.05, 3.63) is 60.2 Å². The number of carbonyl (C=O) groups excluding carboxylic acids is 2. The molecule has 130 valence electrons. The van der Waals surface area contributed by atoms with Gasteiger partial charge in [0, 0.05) is 30.1 Å². The highest BCUT2D eigenvalue weighted by Crippen LogP contribution is 2.20. The lowest BCUT2D eigenvalue weighted by molar-refractivity contribution is -0.119. The summed E-state index contributed by atoms with van der Waals surface area (Å²) in [6.07, 6.45) is 0.738. The van der Waals surface area contributed by atoms with Crippen LogP contribution in [0.25, 0.3) is 0 Å². The minimum Gasteiger partial charge on any atom is -0.381 e. The zero-order chi connectivity index (χ0) is 17.6. The van der Waals surface area contributed by atoms with Gasteiger partial charge in [-0.25, -0.2) is 0 Å². The van der Waals surface area contributed by atoms with E-state index in [9.17, 15) is 9.59 Å². The molecule has 1 N–H and O–H groups in total. The SMILES string of the molecule is CCN(C(=O)c1cccc(NC(=O)[C@H]2CCOC2)c1)c1ccccc1. The fraction of sp³-hybridized carbons (Fsp3) is 0.300. The third kappa shape index (κ3) is 4.06. The van der Waals surface area contributed by atoms with E-state index in [2.05, 4.69) is 5.32 Å². The predicted molar refractivity (Wildman–Crippen MR) is 97.8 cm³/mol. The first-order valence-electron chi connectivity index (χ1n) is 8.54. The molecule has 0 spiro atoms. The van der Waals surface area contributed by atoms with Gasteiger partial charge in [-0.1, -0.05) is 24.3 Å². The van der Waals surface area contributed by atoms with Crippen molar-refractivity contribution in [3.8, 4) is 0 Å². The van der Waals surface area contributed by atoms with Crippen LogP contribution in [-0.4, -0.2) is 31.6 Å². The van der Waals surface area contributed by atoms with E-state index >= 15 is 0 Å². The van der Waals surface area contributed by atoms with Crippen molar-refractivity contribution in [2.75, 3.05) is 30.0 Å². The van der Waals surface area contributed by atoms with Crippen LogP contribution in [0.1, 0.15) is 23.7 Å². The molecule has 1 saturated heterocycles. The maximum Gasteiger partial charge on any atom is 0.258 e. The number of rotatable bonds is 5. The number of amides is 2. The largest absolute Gasteiger partial charge is 0.381 e. The number of hydrogen-bond acceptors (Lipinski definition) is 3. The second kappa shape index (κ2) is 7.94. The molecule has 25 heavy (non-hydrogen) atoms. The molecular weight excluding hydrogens is 316 g/mol. The first kappa shape index (κ1) is 17.2. The molecule has 1 heterocycles. The van der Waals surface area contributed by atoms with Gasteiger partial charge in [-0.05, 0) is 43.7 Å². The van der Waals surface area contributed by atoms with Crippen LogP contribution < -0.4 is 10.2 Å². The molecule has 0 radical (unpaired) electrons. The molecule has 3 rings (SSSR count). The minimum atomic E-state index is -0.115. The Balaban J connectivity index is 1.75. The van der Waals surface area contributed by atoms with Gasteiger partial charge in [-0.2, -0.15) is 0 Å². The summed E-state index contributed by atoms with van der Waals surface area (Å²) in [6.45, 7) is 3.59. The third-order valence-corrected chi connectivity index (χ3v) is 4.31. The van der Waals surface area contributed by atoms with Gasteiger partial charge in [0.05, 0.1) is 12.5 Å². The molecular formula is C20H22N2O3. The minimum absolute atomic E-state index is 0.0579. The zero-order valence-corrected chi connectivity index (χ0v) is 14.3. The van der Waals surface area contributed by atoms with Gasteiger partial charge in [0.25, 0.3) is 5.91 Å². The van der Waals surface area contributed by atoms with Crippen molar-refractivity contribution in [1.29, 1.82) is 0 Å². The second-order valence-corrected chi connectivity index (χ2v) is 6.02. The molecule has 0 unspecified atom stereocenters. The summed E-state index contributed by atoms with van der Waals surface area (Å²) >= 11 is 0. The number of nitrogens with zero attached hydrogens (tertiary/aromatic N) is 1. The van der Waals surface area contributed by atoms with Crippen LogP contribution in [0.2, 0.25) is 0 Å². The normalized spacial score (nSPS) is 16.4. The summed E-state index contributed by atoms with van der Waals surface area (Å²) in [7, 11) is 0. The molecule has 0 bridgehead atoms. The molecule has 2 aromatic rings. The topological polar surface area (TPSA) is 58.6 Å². The van der Waals surface area contributed by atoms with Crippen LogP contribution in [-0.2, 0) is 9.53 Å². The summed E-state index contributed by atoms with van der Waals surface area (Å²) < 4.78 is 5.25. The molecule has 0 aromatic heterocycles. The van der Waals surface area contributed by atoms with E-state index < -0.39 is 0 Å². The smallest absolute Gasteiger partial charge is 0.258 e. The number of benzene rings is 2. The molecule has 1 aliphatic rings. The van der Waals surface area contributed by atoms with Crippen LogP contribution in [0.15, 0.2) is 54.6 Å². The molecule has 5 heteroatoms. The number of nitrogens with one attached hydrogen (secondary N) is 1. The van der Waals surface area contributed by atoms with Gasteiger partial charge >= 0.3 is 0 Å². The maximum atomic E-state index is 12.9. The van der Waals surface area contributed by atoms with Gasteiger partial charge in [0.15, 0.2) is 0 Å². The Hall–Kier alpha value is -2.66. The van der Waals surface area contributed by atoms with Gasteiger partial charge in [-0.15, -0.1) is 0 Å². The van der Waals surface area contributed by atoms with Crippen molar-refractivity contribution in [1.82, 2.24) is 0 Å². The molecule has 5 nitrogen and oxygen atoms in total. The molecule has 0 aliphatic carbocycles. The van der Waals surface area contributed by atoms with Gasteiger partial charge < -0.3 is 15.0 Å². The summed E-state index contributed by atoms with van der Waals surface area (Å²) in [5, 5.41) is 2.89. The zero-order valence-electron chi connectivity index (χ0n) is 14.3. The first-order valence-corrected chi connectivity index (χ1v) is 8.54. The Labute approximate surface area is 147 Å². The lowest BCUT2D eigenvalue weighted by atomic mass is 10.1. The van der Waals surface area contributed by atoms with Crippen LogP contribution >= 0.6 is 0 Å². The third-order valence-electron chi connectivity index (χ3n) is 4.31. The second-order valence-electron chi connectivity index (χ2n) is 6.02. The number of anilines is 2. The summed E-state index contributed by atoms with van der Waals surface area (Å²) in [4.78, 5) is 26.8. The number of carbonyl (C=O) groups is 2. The number of para-hydroxylation sites is 1. The van der Waals surface area contributed by atoms with Gasteiger partial charge in [-0.3, -0.25) is 9.59 Å². The molecule has 2 amide bonds. The molecule has 2 aromatic carbocycles. The average Bonchev–Trinajstić information content (AvgIpc) is 3.18. The lowest BCUT2D eigenvalue weighted by Gasteiger charge is -2.21. The van der Waals surface area contributed by atoms with Crippen molar-refractivity contribution < 1.29 is 14.3 Å². The fourth-order valence-corrected chi connectivity index (χ4v) is 2.92. The van der Waals surface area contributed by atoms with Gasteiger partial charge in [0.1, 0.15) is 0 Å². The molecule has 1 aliphatic heterocycles. The van der Waals surface area contributed by atoms with E-state index in [-0.39, 0.29) is 17.7 Å². The Morgan fingerprint density at radius 3 is 2.64 bits per heavy atom. The highest BCUT2D eigenvalue weighted by atomic mass is 16.5. The van der Waals surface area contributed by atoms with Crippen LogP contribution in [0.3, 0.4) is 0 Å². The average molecular weight is 338 g/mol. The van der Waals surface area contributed by atoms with E-state index in [4.69, 9.17) is 4.74 Å². The lowest BCUT2D eigenvalue weighted by Crippen LogP contribution is -2.30. The van der Waals surface area contributed by atoms with Crippen LogP contribution in [0.5, 0.6) is 0 Å². The Morgan fingerprint density at radius 1 is 1.16 bits per heavy atom. The van der Waals surface area contributed by atoms with Crippen molar-refractivity contribution >= 4 is 23.2 Å². The number of hydrogen-bond donors (Lipinski definition) is 1. The standard InChI is InChI=1S/C20H22N2O3/c1-2-22(18-9-4-3-5-10-18)20(24)15-7-6-8-17(13-15)21-19(23)16-11-12-25-14-16/h3-10,13,16H,2,11-12,14H2,1H3,(H,21,23)/t16-/m0/s1. The predicted octanol–water partition coefficient (Wildman–Crippen LogP) is 3.33. The fourth-order valence-electron chi connectivity index (χ4n) is 2.92. The monoisotopic (exact) mass is 338 g/mol. The number of ether oxygens (including phenoxy) is 1. The Kier molecular flexibility index (Phi) is 5.46. The Bertz CT molecular complexity index is 740. The maximum absolute atomic E-state index is 12.9. The van der Waals surface area contributed by atoms with Gasteiger partial charge in [0.2, 0.25) is 5.91 Å².